The van der Waals surface area contributed by atoms with Crippen LogP contribution in [0.25, 0.3) is 0 Å². The van der Waals surface area contributed by atoms with Gasteiger partial charge in [-0.05, 0) is 50.3 Å². The molecule has 0 saturated heterocycles. The molecule has 94 valence electrons. The van der Waals surface area contributed by atoms with Gasteiger partial charge in [0.25, 0.3) is 0 Å². The summed E-state index contributed by atoms with van der Waals surface area (Å²) in [5.41, 5.74) is 6.90. The van der Waals surface area contributed by atoms with E-state index >= 15 is 0 Å². The molecule has 0 radical (unpaired) electrons. The molecule has 0 heterocycles. The van der Waals surface area contributed by atoms with E-state index in [9.17, 15) is 4.39 Å². The number of hydrogen-bond donors (Lipinski definition) is 2. The van der Waals surface area contributed by atoms with Gasteiger partial charge in [-0.15, -0.1) is 0 Å². The summed E-state index contributed by atoms with van der Waals surface area (Å²) in [4.78, 5) is 0. The van der Waals surface area contributed by atoms with Gasteiger partial charge in [0.05, 0.1) is 0 Å². The van der Waals surface area contributed by atoms with Gasteiger partial charge in [-0.3, -0.25) is 0 Å². The summed E-state index contributed by atoms with van der Waals surface area (Å²) in [7, 11) is 0. The topological polar surface area (TPSA) is 38.0 Å². The lowest BCUT2D eigenvalue weighted by atomic mass is 9.91. The van der Waals surface area contributed by atoms with Gasteiger partial charge in [-0.1, -0.05) is 12.1 Å². The minimum atomic E-state index is -0.165. The molecule has 2 rings (SSSR count). The van der Waals surface area contributed by atoms with E-state index in [1.807, 2.05) is 6.07 Å². The van der Waals surface area contributed by atoms with Crippen molar-refractivity contribution in [3.05, 3.63) is 35.6 Å². The molecule has 1 fully saturated rings. The summed E-state index contributed by atoms with van der Waals surface area (Å²) < 4.78 is 13.1. The van der Waals surface area contributed by atoms with Crippen LogP contribution in [0.1, 0.15) is 44.2 Å². The van der Waals surface area contributed by atoms with Crippen molar-refractivity contribution in [2.45, 2.75) is 50.7 Å². The number of benzene rings is 1. The zero-order valence-corrected chi connectivity index (χ0v) is 10.3. The Morgan fingerprint density at radius 2 is 2.00 bits per heavy atom. The Balaban J connectivity index is 1.90. The third-order valence-electron chi connectivity index (χ3n) is 3.61. The van der Waals surface area contributed by atoms with Crippen molar-refractivity contribution in [1.29, 1.82) is 0 Å². The van der Waals surface area contributed by atoms with Crippen LogP contribution in [0.4, 0.5) is 4.39 Å². The first-order chi connectivity index (χ1) is 8.15. The van der Waals surface area contributed by atoms with Crippen molar-refractivity contribution in [2.24, 2.45) is 5.73 Å². The van der Waals surface area contributed by atoms with E-state index in [1.54, 1.807) is 12.1 Å². The van der Waals surface area contributed by atoms with Gasteiger partial charge in [0, 0.05) is 18.1 Å². The van der Waals surface area contributed by atoms with Gasteiger partial charge < -0.3 is 11.1 Å². The summed E-state index contributed by atoms with van der Waals surface area (Å²) in [6.07, 6.45) is 4.43. The van der Waals surface area contributed by atoms with E-state index in [2.05, 4.69) is 12.2 Å². The number of rotatable bonds is 3. The van der Waals surface area contributed by atoms with Crippen molar-refractivity contribution in [3.63, 3.8) is 0 Å². The number of nitrogens with one attached hydrogen (secondary N) is 1. The highest BCUT2D eigenvalue weighted by molar-refractivity contribution is 5.19. The summed E-state index contributed by atoms with van der Waals surface area (Å²) >= 11 is 0. The molecule has 0 aliphatic heterocycles. The van der Waals surface area contributed by atoms with E-state index in [4.69, 9.17) is 5.73 Å². The third kappa shape index (κ3) is 3.51. The fourth-order valence-electron chi connectivity index (χ4n) is 2.51. The van der Waals surface area contributed by atoms with Crippen LogP contribution in [0.15, 0.2) is 24.3 Å². The lowest BCUT2D eigenvalue weighted by Crippen LogP contribution is -2.38. The lowest BCUT2D eigenvalue weighted by molar-refractivity contribution is 0.322. The average molecular weight is 236 g/mol. The fraction of sp³-hybridized carbons (Fsp3) is 0.571. The predicted molar refractivity (Wildman–Crippen MR) is 68.2 cm³/mol. The lowest BCUT2D eigenvalue weighted by Gasteiger charge is -2.29. The first kappa shape index (κ1) is 12.5. The SMILES string of the molecule is CC(NC1CCC(N)CC1)c1cccc(F)c1. The molecule has 17 heavy (non-hydrogen) atoms. The Morgan fingerprint density at radius 3 is 2.65 bits per heavy atom. The zero-order chi connectivity index (χ0) is 12.3. The van der Waals surface area contributed by atoms with Crippen LogP contribution in [0, 0.1) is 5.82 Å². The van der Waals surface area contributed by atoms with Gasteiger partial charge >= 0.3 is 0 Å². The molecule has 3 N–H and O–H groups in total. The highest BCUT2D eigenvalue weighted by Crippen LogP contribution is 2.21. The van der Waals surface area contributed by atoms with Crippen LogP contribution in [0.3, 0.4) is 0 Å². The number of hydrogen-bond acceptors (Lipinski definition) is 2. The van der Waals surface area contributed by atoms with E-state index in [-0.39, 0.29) is 11.9 Å². The zero-order valence-electron chi connectivity index (χ0n) is 10.3. The molecule has 1 aliphatic rings. The Morgan fingerprint density at radius 1 is 1.29 bits per heavy atom. The van der Waals surface area contributed by atoms with Crippen molar-refractivity contribution < 1.29 is 4.39 Å². The molecule has 0 bridgehead atoms. The second kappa shape index (κ2) is 5.61. The molecule has 0 spiro atoms. The van der Waals surface area contributed by atoms with Crippen molar-refractivity contribution in [2.75, 3.05) is 0 Å². The van der Waals surface area contributed by atoms with Crippen molar-refractivity contribution in [3.8, 4) is 0 Å². The van der Waals surface area contributed by atoms with E-state index in [0.29, 0.717) is 12.1 Å². The van der Waals surface area contributed by atoms with Crippen LogP contribution < -0.4 is 11.1 Å². The summed E-state index contributed by atoms with van der Waals surface area (Å²) in [5.74, 6) is -0.165. The van der Waals surface area contributed by atoms with Crippen molar-refractivity contribution >= 4 is 0 Å². The Labute approximate surface area is 102 Å². The minimum absolute atomic E-state index is 0.165. The van der Waals surface area contributed by atoms with Gasteiger partial charge in [-0.2, -0.15) is 0 Å². The molecule has 0 aromatic heterocycles. The molecule has 1 saturated carbocycles. The van der Waals surface area contributed by atoms with E-state index in [0.717, 1.165) is 31.2 Å². The maximum absolute atomic E-state index is 13.1. The monoisotopic (exact) mass is 236 g/mol. The van der Waals surface area contributed by atoms with Gasteiger partial charge in [-0.25, -0.2) is 4.39 Å². The summed E-state index contributed by atoms with van der Waals surface area (Å²) in [5, 5.41) is 3.56. The Bertz CT molecular complexity index is 359. The summed E-state index contributed by atoms with van der Waals surface area (Å²) in [6.45, 7) is 2.09. The van der Waals surface area contributed by atoms with Crippen molar-refractivity contribution in [1.82, 2.24) is 5.32 Å². The van der Waals surface area contributed by atoms with Crippen LogP contribution in [-0.2, 0) is 0 Å². The Kier molecular flexibility index (Phi) is 4.13. The normalized spacial score (nSPS) is 26.8. The second-order valence-corrected chi connectivity index (χ2v) is 5.06. The summed E-state index contributed by atoms with van der Waals surface area (Å²) in [6, 6.07) is 7.91. The van der Waals surface area contributed by atoms with Crippen LogP contribution in [0.2, 0.25) is 0 Å². The highest BCUT2D eigenvalue weighted by Gasteiger charge is 2.20. The molecule has 1 aromatic rings. The molecular formula is C14H21FN2. The third-order valence-corrected chi connectivity index (χ3v) is 3.61. The standard InChI is InChI=1S/C14H21FN2/c1-10(11-3-2-4-12(15)9-11)17-14-7-5-13(16)6-8-14/h2-4,9-10,13-14,17H,5-8,16H2,1H3. The largest absolute Gasteiger partial charge is 0.328 e. The van der Waals surface area contributed by atoms with Crippen LogP contribution in [-0.4, -0.2) is 12.1 Å². The first-order valence-corrected chi connectivity index (χ1v) is 6.42. The van der Waals surface area contributed by atoms with Gasteiger partial charge in [0.15, 0.2) is 0 Å². The Hall–Kier alpha value is -0.930. The van der Waals surface area contributed by atoms with Gasteiger partial charge in [0.1, 0.15) is 5.82 Å². The molecule has 2 nitrogen and oxygen atoms in total. The number of halogens is 1. The first-order valence-electron chi connectivity index (χ1n) is 6.42. The molecule has 1 aromatic carbocycles. The van der Waals surface area contributed by atoms with E-state index < -0.39 is 0 Å². The molecular weight excluding hydrogens is 215 g/mol. The smallest absolute Gasteiger partial charge is 0.123 e. The molecule has 1 unspecified atom stereocenters. The maximum Gasteiger partial charge on any atom is 0.123 e. The minimum Gasteiger partial charge on any atom is -0.328 e. The molecule has 1 aliphatic carbocycles. The second-order valence-electron chi connectivity index (χ2n) is 5.06. The maximum atomic E-state index is 13.1. The molecule has 1 atom stereocenters. The molecule has 3 heteroatoms. The predicted octanol–water partition coefficient (Wildman–Crippen LogP) is 2.75. The van der Waals surface area contributed by atoms with Gasteiger partial charge in [0.2, 0.25) is 0 Å². The van der Waals surface area contributed by atoms with E-state index in [1.165, 1.54) is 6.07 Å². The number of nitrogens with two attached hydrogens (primary N) is 1. The fourth-order valence-corrected chi connectivity index (χ4v) is 2.51. The average Bonchev–Trinajstić information content (AvgIpc) is 2.32. The van der Waals surface area contributed by atoms with Crippen LogP contribution >= 0.6 is 0 Å². The quantitative estimate of drug-likeness (QED) is 0.847. The van der Waals surface area contributed by atoms with Crippen LogP contribution in [0.5, 0.6) is 0 Å². The molecule has 0 amide bonds. The highest BCUT2D eigenvalue weighted by atomic mass is 19.1.